The molecular weight excluding hydrogens is 383 g/mol. The Labute approximate surface area is 180 Å². The summed E-state index contributed by atoms with van der Waals surface area (Å²) in [6, 6.07) is 0. The van der Waals surface area contributed by atoms with Crippen LogP contribution in [0.4, 0.5) is 0 Å². The minimum absolute atomic E-state index is 0.100. The molecule has 0 aromatic carbocycles. The fraction of sp³-hybridized carbons (Fsp3) is 1.00. The maximum atomic E-state index is 14.1. The van der Waals surface area contributed by atoms with E-state index >= 15 is 0 Å². The molecule has 0 heterocycles. The van der Waals surface area contributed by atoms with E-state index in [1.807, 2.05) is 13.8 Å². The average Bonchev–Trinajstić information content (AvgIpc) is 2.60. The van der Waals surface area contributed by atoms with Gasteiger partial charge in [-0.25, -0.2) is 0 Å². The maximum absolute atomic E-state index is 14.1. The highest BCUT2D eigenvalue weighted by molar-refractivity contribution is 7.54. The van der Waals surface area contributed by atoms with Crippen molar-refractivity contribution in [1.82, 2.24) is 0 Å². The minimum Gasteiger partial charge on any atom is -0.380 e. The van der Waals surface area contributed by atoms with Crippen molar-refractivity contribution in [2.75, 3.05) is 0 Å². The van der Waals surface area contributed by atoms with Gasteiger partial charge in [0.2, 0.25) is 0 Å². The molecule has 2 rings (SSSR count). The van der Waals surface area contributed by atoms with Crippen LogP contribution < -0.4 is 0 Å². The molecule has 172 valence electrons. The third-order valence-corrected chi connectivity index (χ3v) is 9.78. The van der Waals surface area contributed by atoms with Crippen molar-refractivity contribution in [2.24, 2.45) is 41.4 Å². The fourth-order valence-electron chi connectivity index (χ4n) is 5.36. The number of hydrogen-bond acceptors (Lipinski definition) is 4. The first-order chi connectivity index (χ1) is 13.4. The highest BCUT2D eigenvalue weighted by Gasteiger charge is 2.46. The average molecular weight is 431 g/mol. The van der Waals surface area contributed by atoms with Crippen LogP contribution in [0.5, 0.6) is 0 Å². The minimum atomic E-state index is -3.66. The van der Waals surface area contributed by atoms with E-state index in [2.05, 4.69) is 41.5 Å². The molecule has 0 bridgehead atoms. The quantitative estimate of drug-likeness (QED) is 0.417. The number of rotatable bonds is 8. The lowest BCUT2D eigenvalue weighted by Crippen LogP contribution is -2.38. The first kappa shape index (κ1) is 25.4. The van der Waals surface area contributed by atoms with Gasteiger partial charge in [0.1, 0.15) is 0 Å². The van der Waals surface area contributed by atoms with E-state index in [-0.39, 0.29) is 18.1 Å². The summed E-state index contributed by atoms with van der Waals surface area (Å²) in [6.07, 6.45) is 6.16. The standard InChI is InChI=1S/C24H47O4P/c1-15(2)20-11-9-18(7)13-22(20)27-29(26,24(25)17(5)6)28-23-14-19(8)10-12-21(23)16(3)4/h15-25H,9-14H2,1-8H3/t18-,19-,20+,21+,22-,23-,24?/m1/s1. The Morgan fingerprint density at radius 1 is 0.759 bits per heavy atom. The van der Waals surface area contributed by atoms with Crippen LogP contribution in [-0.4, -0.2) is 23.2 Å². The summed E-state index contributed by atoms with van der Waals surface area (Å²) >= 11 is 0. The molecule has 0 aromatic heterocycles. The van der Waals surface area contributed by atoms with Crippen molar-refractivity contribution >= 4 is 7.60 Å². The molecule has 0 aliphatic heterocycles. The molecule has 0 aromatic rings. The molecule has 2 saturated carbocycles. The second-order valence-corrected chi connectivity index (χ2v) is 13.2. The largest absolute Gasteiger partial charge is 0.380 e. The van der Waals surface area contributed by atoms with E-state index in [9.17, 15) is 9.67 Å². The lowest BCUT2D eigenvalue weighted by Gasteiger charge is -2.43. The molecule has 1 N–H and O–H groups in total. The molecule has 2 fully saturated rings. The van der Waals surface area contributed by atoms with E-state index in [1.165, 1.54) is 12.8 Å². The van der Waals surface area contributed by atoms with Gasteiger partial charge in [0.25, 0.3) is 0 Å². The summed E-state index contributed by atoms with van der Waals surface area (Å²) in [5, 5.41) is 11.0. The Kier molecular flexibility index (Phi) is 9.29. The van der Waals surface area contributed by atoms with Crippen LogP contribution in [-0.2, 0) is 13.6 Å². The molecule has 4 nitrogen and oxygen atoms in total. The second kappa shape index (κ2) is 10.6. The topological polar surface area (TPSA) is 55.8 Å². The number of aliphatic hydroxyl groups is 1. The zero-order valence-electron chi connectivity index (χ0n) is 20.1. The van der Waals surface area contributed by atoms with Crippen molar-refractivity contribution in [1.29, 1.82) is 0 Å². The maximum Gasteiger partial charge on any atom is 0.359 e. The summed E-state index contributed by atoms with van der Waals surface area (Å²) < 4.78 is 26.9. The Hall–Kier alpha value is 0.110. The van der Waals surface area contributed by atoms with Gasteiger partial charge in [-0.1, -0.05) is 68.2 Å². The zero-order chi connectivity index (χ0) is 21.9. The summed E-state index contributed by atoms with van der Waals surface area (Å²) in [5.41, 5.74) is 0. The van der Waals surface area contributed by atoms with Gasteiger partial charge in [-0.05, 0) is 67.1 Å². The monoisotopic (exact) mass is 430 g/mol. The normalized spacial score (nSPS) is 35.4. The zero-order valence-corrected chi connectivity index (χ0v) is 21.0. The van der Waals surface area contributed by atoms with Crippen LogP contribution in [0, 0.1) is 41.4 Å². The molecule has 0 amide bonds. The molecule has 2 aliphatic rings. The molecule has 29 heavy (non-hydrogen) atoms. The Bertz CT molecular complexity index is 509. The van der Waals surface area contributed by atoms with Crippen LogP contribution >= 0.6 is 7.60 Å². The van der Waals surface area contributed by atoms with Gasteiger partial charge in [-0.3, -0.25) is 4.57 Å². The van der Waals surface area contributed by atoms with Gasteiger partial charge in [-0.2, -0.15) is 0 Å². The Morgan fingerprint density at radius 3 is 1.45 bits per heavy atom. The van der Waals surface area contributed by atoms with E-state index in [1.54, 1.807) is 0 Å². The molecule has 0 saturated heterocycles. The second-order valence-electron chi connectivity index (χ2n) is 11.1. The Balaban J connectivity index is 2.28. The molecule has 2 aliphatic carbocycles. The van der Waals surface area contributed by atoms with Gasteiger partial charge in [0, 0.05) is 0 Å². The molecular formula is C24H47O4P. The van der Waals surface area contributed by atoms with Gasteiger partial charge < -0.3 is 14.2 Å². The van der Waals surface area contributed by atoms with E-state index in [4.69, 9.17) is 9.05 Å². The molecule has 0 spiro atoms. The van der Waals surface area contributed by atoms with Crippen molar-refractivity contribution in [3.05, 3.63) is 0 Å². The van der Waals surface area contributed by atoms with E-state index in [0.717, 1.165) is 25.7 Å². The summed E-state index contributed by atoms with van der Waals surface area (Å²) in [5.74, 6) is 1.54. The van der Waals surface area contributed by atoms with Crippen LogP contribution in [0.15, 0.2) is 0 Å². The predicted octanol–water partition coefficient (Wildman–Crippen LogP) is 7.11. The van der Waals surface area contributed by atoms with Gasteiger partial charge in [-0.15, -0.1) is 0 Å². The van der Waals surface area contributed by atoms with Crippen LogP contribution in [0.1, 0.15) is 93.9 Å². The summed E-state index contributed by atoms with van der Waals surface area (Å²) in [4.78, 5) is 0. The third kappa shape index (κ3) is 6.55. The highest BCUT2D eigenvalue weighted by Crippen LogP contribution is 2.60. The van der Waals surface area contributed by atoms with Crippen LogP contribution in [0.25, 0.3) is 0 Å². The third-order valence-electron chi connectivity index (χ3n) is 7.41. The van der Waals surface area contributed by atoms with Crippen molar-refractivity contribution in [3.63, 3.8) is 0 Å². The smallest absolute Gasteiger partial charge is 0.359 e. The SMILES string of the molecule is CC(C)C(O)P(=O)(O[C@@H]1C[C@H](C)CC[C@H]1C(C)C)O[C@@H]1C[C@H](C)CC[C@H]1C(C)C. The summed E-state index contributed by atoms with van der Waals surface area (Å²) in [6.45, 7) is 17.2. The number of aliphatic hydroxyl groups excluding tert-OH is 1. The van der Waals surface area contributed by atoms with E-state index in [0.29, 0.717) is 35.5 Å². The lowest BCUT2D eigenvalue weighted by atomic mass is 9.75. The Morgan fingerprint density at radius 2 is 1.14 bits per heavy atom. The highest BCUT2D eigenvalue weighted by atomic mass is 31.2. The summed E-state index contributed by atoms with van der Waals surface area (Å²) in [7, 11) is -3.66. The van der Waals surface area contributed by atoms with Crippen molar-refractivity contribution in [2.45, 2.75) is 112 Å². The molecule has 7 atom stereocenters. The van der Waals surface area contributed by atoms with Crippen molar-refractivity contribution < 1.29 is 18.7 Å². The van der Waals surface area contributed by atoms with Gasteiger partial charge in [0.05, 0.1) is 12.2 Å². The van der Waals surface area contributed by atoms with Crippen molar-refractivity contribution in [3.8, 4) is 0 Å². The lowest BCUT2D eigenvalue weighted by molar-refractivity contribution is -0.0186. The first-order valence-corrected chi connectivity index (χ1v) is 13.7. The molecule has 0 radical (unpaired) electrons. The fourth-order valence-corrected chi connectivity index (χ4v) is 7.63. The van der Waals surface area contributed by atoms with Gasteiger partial charge >= 0.3 is 7.60 Å². The number of hydrogen-bond donors (Lipinski definition) is 1. The predicted molar refractivity (Wildman–Crippen MR) is 121 cm³/mol. The van der Waals surface area contributed by atoms with Crippen LogP contribution in [0.2, 0.25) is 0 Å². The van der Waals surface area contributed by atoms with E-state index < -0.39 is 13.4 Å². The first-order valence-electron chi connectivity index (χ1n) is 12.1. The molecule has 5 heteroatoms. The van der Waals surface area contributed by atoms with Gasteiger partial charge in [0.15, 0.2) is 5.85 Å². The van der Waals surface area contributed by atoms with Crippen LogP contribution in [0.3, 0.4) is 0 Å². The molecule has 1 unspecified atom stereocenters.